The number of nitriles is 1. The monoisotopic (exact) mass is 348 g/mol. The number of hydrogen-bond donors (Lipinski definition) is 3. The number of piperidine rings is 1. The topological polar surface area (TPSA) is 135 Å². The Morgan fingerprint density at radius 1 is 1.46 bits per heavy atom. The van der Waals surface area contributed by atoms with Crippen molar-refractivity contribution in [2.45, 2.75) is 24.7 Å². The van der Waals surface area contributed by atoms with Crippen LogP contribution in [0.5, 0.6) is 0 Å². The van der Waals surface area contributed by atoms with Crippen molar-refractivity contribution in [2.24, 2.45) is 16.8 Å². The summed E-state index contributed by atoms with van der Waals surface area (Å²) in [4.78, 5) is 0.221. The molecule has 1 saturated heterocycles. The lowest BCUT2D eigenvalue weighted by atomic mass is 10.0. The van der Waals surface area contributed by atoms with Crippen molar-refractivity contribution >= 4 is 27.3 Å². The van der Waals surface area contributed by atoms with E-state index in [0.717, 1.165) is 12.8 Å². The summed E-state index contributed by atoms with van der Waals surface area (Å²) in [6, 6.07) is 7.78. The minimum absolute atomic E-state index is 0.221. The average Bonchev–Trinajstić information content (AvgIpc) is 2.55. The molecule has 1 aromatic carbocycles. The maximum Gasteiger partial charge on any atom is 0.243 e. The first-order chi connectivity index (χ1) is 11.3. The molecule has 1 aliphatic rings. The Morgan fingerprint density at radius 3 is 2.67 bits per heavy atom. The molecule has 0 saturated carbocycles. The Morgan fingerprint density at radius 2 is 2.12 bits per heavy atom. The van der Waals surface area contributed by atoms with E-state index in [0.29, 0.717) is 24.7 Å². The maximum atomic E-state index is 12.6. The SMILES string of the molecule is CC1CCCN(S(=O)(=O)c2ccc(N/N=C(\C#N)C(=N)N)cc2)C1. The van der Waals surface area contributed by atoms with Crippen molar-refractivity contribution in [3.05, 3.63) is 24.3 Å². The van der Waals surface area contributed by atoms with E-state index in [4.69, 9.17) is 16.4 Å². The number of nitrogens with zero attached hydrogens (tertiary/aromatic N) is 3. The largest absolute Gasteiger partial charge is 0.382 e. The third-order valence-corrected chi connectivity index (χ3v) is 5.65. The number of nitrogens with one attached hydrogen (secondary N) is 2. The van der Waals surface area contributed by atoms with E-state index in [1.165, 1.54) is 16.4 Å². The van der Waals surface area contributed by atoms with Gasteiger partial charge in [0.05, 0.1) is 10.6 Å². The highest BCUT2D eigenvalue weighted by Crippen LogP contribution is 2.24. The van der Waals surface area contributed by atoms with Crippen LogP contribution in [-0.2, 0) is 10.0 Å². The third-order valence-electron chi connectivity index (χ3n) is 3.77. The molecular formula is C15H20N6O2S. The molecule has 1 aliphatic heterocycles. The van der Waals surface area contributed by atoms with Crippen LogP contribution < -0.4 is 11.2 Å². The van der Waals surface area contributed by atoms with Gasteiger partial charge in [0.15, 0.2) is 5.84 Å². The Bertz CT molecular complexity index is 779. The van der Waals surface area contributed by atoms with Crippen LogP contribution in [0.2, 0.25) is 0 Å². The molecule has 1 unspecified atom stereocenters. The van der Waals surface area contributed by atoms with Crippen LogP contribution >= 0.6 is 0 Å². The van der Waals surface area contributed by atoms with Gasteiger partial charge in [0.25, 0.3) is 0 Å². The molecule has 9 heteroatoms. The molecule has 4 N–H and O–H groups in total. The third kappa shape index (κ3) is 4.10. The molecule has 2 rings (SSSR count). The maximum absolute atomic E-state index is 12.6. The lowest BCUT2D eigenvalue weighted by Gasteiger charge is -2.30. The second-order valence-corrected chi connectivity index (χ2v) is 7.67. The minimum Gasteiger partial charge on any atom is -0.382 e. The van der Waals surface area contributed by atoms with E-state index >= 15 is 0 Å². The molecule has 128 valence electrons. The summed E-state index contributed by atoms with van der Waals surface area (Å²) >= 11 is 0. The van der Waals surface area contributed by atoms with Crippen LogP contribution in [0, 0.1) is 22.7 Å². The van der Waals surface area contributed by atoms with E-state index in [-0.39, 0.29) is 10.6 Å². The number of rotatable bonds is 5. The van der Waals surface area contributed by atoms with Gasteiger partial charge in [0.2, 0.25) is 15.7 Å². The van der Waals surface area contributed by atoms with Crippen LogP contribution in [0.3, 0.4) is 0 Å². The van der Waals surface area contributed by atoms with Gasteiger partial charge in [-0.15, -0.1) is 0 Å². The number of amidine groups is 1. The molecule has 1 heterocycles. The van der Waals surface area contributed by atoms with E-state index in [1.54, 1.807) is 18.2 Å². The van der Waals surface area contributed by atoms with Crippen LogP contribution in [0.4, 0.5) is 5.69 Å². The molecule has 0 spiro atoms. The van der Waals surface area contributed by atoms with Crippen molar-refractivity contribution in [1.82, 2.24) is 4.31 Å². The molecule has 0 aliphatic carbocycles. The summed E-state index contributed by atoms with van der Waals surface area (Å²) in [6.07, 6.45) is 1.92. The number of anilines is 1. The summed E-state index contributed by atoms with van der Waals surface area (Å²) < 4.78 is 26.8. The van der Waals surface area contributed by atoms with Crippen LogP contribution in [0.25, 0.3) is 0 Å². The zero-order valence-corrected chi connectivity index (χ0v) is 14.2. The smallest absolute Gasteiger partial charge is 0.243 e. The molecule has 1 aromatic rings. The van der Waals surface area contributed by atoms with Crippen molar-refractivity contribution in [3.63, 3.8) is 0 Å². The number of hydrogen-bond acceptors (Lipinski definition) is 6. The van der Waals surface area contributed by atoms with E-state index < -0.39 is 15.9 Å². The van der Waals surface area contributed by atoms with E-state index in [2.05, 4.69) is 17.5 Å². The number of sulfonamides is 1. The lowest BCUT2D eigenvalue weighted by Crippen LogP contribution is -2.39. The molecular weight excluding hydrogens is 328 g/mol. The first kappa shape index (κ1) is 17.9. The summed E-state index contributed by atoms with van der Waals surface area (Å²) in [5.41, 5.74) is 8.02. The van der Waals surface area contributed by atoms with E-state index in [9.17, 15) is 8.42 Å². The number of benzene rings is 1. The Kier molecular flexibility index (Phi) is 5.54. The fraction of sp³-hybridized carbons (Fsp3) is 0.400. The van der Waals surface area contributed by atoms with Gasteiger partial charge in [-0.2, -0.15) is 14.7 Å². The molecule has 0 radical (unpaired) electrons. The zero-order chi connectivity index (χ0) is 17.7. The number of nitrogens with two attached hydrogens (primary N) is 1. The fourth-order valence-corrected chi connectivity index (χ4v) is 4.08. The minimum atomic E-state index is -3.50. The molecule has 8 nitrogen and oxygen atoms in total. The molecule has 24 heavy (non-hydrogen) atoms. The second kappa shape index (κ2) is 7.42. The van der Waals surface area contributed by atoms with Gasteiger partial charge in [-0.25, -0.2) is 8.42 Å². The van der Waals surface area contributed by atoms with Gasteiger partial charge in [-0.05, 0) is 43.0 Å². The predicted octanol–water partition coefficient (Wildman–Crippen LogP) is 1.33. The predicted molar refractivity (Wildman–Crippen MR) is 92.2 cm³/mol. The fourth-order valence-electron chi connectivity index (χ4n) is 2.48. The van der Waals surface area contributed by atoms with Gasteiger partial charge < -0.3 is 5.73 Å². The van der Waals surface area contributed by atoms with Crippen molar-refractivity contribution in [1.29, 1.82) is 10.7 Å². The first-order valence-electron chi connectivity index (χ1n) is 7.53. The highest BCUT2D eigenvalue weighted by atomic mass is 32.2. The van der Waals surface area contributed by atoms with Crippen LogP contribution in [0.1, 0.15) is 19.8 Å². The lowest BCUT2D eigenvalue weighted by molar-refractivity contribution is 0.281. The van der Waals surface area contributed by atoms with E-state index in [1.807, 2.05) is 0 Å². The summed E-state index contributed by atoms with van der Waals surface area (Å²) in [5, 5.41) is 19.6. The Balaban J connectivity index is 2.14. The zero-order valence-electron chi connectivity index (χ0n) is 13.4. The van der Waals surface area contributed by atoms with Gasteiger partial charge in [-0.1, -0.05) is 6.92 Å². The standard InChI is InChI=1S/C15H20N6O2S/c1-11-3-2-8-21(10-11)24(22,23)13-6-4-12(5-7-13)19-20-14(9-16)15(17)18/h4-7,11,19H,2-3,8,10H2,1H3,(H3,17,18)/b20-14+. The van der Waals surface area contributed by atoms with Gasteiger partial charge in [0.1, 0.15) is 6.07 Å². The van der Waals surface area contributed by atoms with Gasteiger partial charge in [0, 0.05) is 13.1 Å². The van der Waals surface area contributed by atoms with Crippen LogP contribution in [-0.4, -0.2) is 37.4 Å². The van der Waals surface area contributed by atoms with Crippen LogP contribution in [0.15, 0.2) is 34.3 Å². The molecule has 0 amide bonds. The van der Waals surface area contributed by atoms with Crippen molar-refractivity contribution in [3.8, 4) is 6.07 Å². The molecule has 1 fully saturated rings. The summed E-state index contributed by atoms with van der Waals surface area (Å²) in [5.74, 6) is -0.0804. The van der Waals surface area contributed by atoms with Crippen molar-refractivity contribution < 1.29 is 8.42 Å². The second-order valence-electron chi connectivity index (χ2n) is 5.73. The average molecular weight is 348 g/mol. The molecule has 0 aromatic heterocycles. The normalized spacial score (nSPS) is 19.5. The highest BCUT2D eigenvalue weighted by molar-refractivity contribution is 7.89. The Labute approximate surface area is 141 Å². The number of hydrazone groups is 1. The summed E-state index contributed by atoms with van der Waals surface area (Å²) in [7, 11) is -3.50. The summed E-state index contributed by atoms with van der Waals surface area (Å²) in [6.45, 7) is 3.13. The quantitative estimate of drug-likeness (QED) is 0.419. The molecule has 0 bridgehead atoms. The Hall–Kier alpha value is -2.44. The molecule has 1 atom stereocenters. The van der Waals surface area contributed by atoms with Gasteiger partial charge >= 0.3 is 0 Å². The van der Waals surface area contributed by atoms with Gasteiger partial charge in [-0.3, -0.25) is 10.8 Å². The highest BCUT2D eigenvalue weighted by Gasteiger charge is 2.28. The first-order valence-corrected chi connectivity index (χ1v) is 8.97. The van der Waals surface area contributed by atoms with Crippen molar-refractivity contribution in [2.75, 3.05) is 18.5 Å².